The first kappa shape index (κ1) is 11.6. The summed E-state index contributed by atoms with van der Waals surface area (Å²) in [4.78, 5) is 0. The summed E-state index contributed by atoms with van der Waals surface area (Å²) in [5, 5.41) is 3.40. The predicted octanol–water partition coefficient (Wildman–Crippen LogP) is 2.95. The molecule has 17 heavy (non-hydrogen) atoms. The lowest BCUT2D eigenvalue weighted by Gasteiger charge is -2.12. The summed E-state index contributed by atoms with van der Waals surface area (Å²) < 4.78 is 7.44. The third-order valence-corrected chi connectivity index (χ3v) is 2.87. The first-order valence-corrected chi connectivity index (χ1v) is 5.69. The van der Waals surface area contributed by atoms with E-state index < -0.39 is 0 Å². The van der Waals surface area contributed by atoms with Gasteiger partial charge in [-0.25, -0.2) is 0 Å². The SMILES string of the molecule is COc1ccc(C)cc1NCc1cccn1C. The summed E-state index contributed by atoms with van der Waals surface area (Å²) in [5.41, 5.74) is 3.50. The number of rotatable bonds is 4. The van der Waals surface area contributed by atoms with Crippen molar-refractivity contribution in [2.45, 2.75) is 13.5 Å². The van der Waals surface area contributed by atoms with E-state index in [0.717, 1.165) is 18.0 Å². The van der Waals surface area contributed by atoms with Crippen LogP contribution in [0.1, 0.15) is 11.3 Å². The number of aromatic nitrogens is 1. The number of benzene rings is 1. The first-order valence-electron chi connectivity index (χ1n) is 5.69. The Hall–Kier alpha value is -1.90. The molecule has 2 rings (SSSR count). The number of methoxy groups -OCH3 is 1. The average molecular weight is 230 g/mol. The normalized spacial score (nSPS) is 10.3. The maximum absolute atomic E-state index is 5.33. The molecular weight excluding hydrogens is 212 g/mol. The molecule has 1 N–H and O–H groups in total. The largest absolute Gasteiger partial charge is 0.495 e. The lowest BCUT2D eigenvalue weighted by molar-refractivity contribution is 0.416. The van der Waals surface area contributed by atoms with Crippen molar-refractivity contribution in [2.75, 3.05) is 12.4 Å². The lowest BCUT2D eigenvalue weighted by Crippen LogP contribution is -2.05. The van der Waals surface area contributed by atoms with Crippen LogP contribution in [-0.4, -0.2) is 11.7 Å². The van der Waals surface area contributed by atoms with Gasteiger partial charge in [0.15, 0.2) is 0 Å². The van der Waals surface area contributed by atoms with Crippen LogP contribution in [0.2, 0.25) is 0 Å². The van der Waals surface area contributed by atoms with Gasteiger partial charge in [-0.1, -0.05) is 6.07 Å². The fourth-order valence-corrected chi connectivity index (χ4v) is 1.83. The minimum Gasteiger partial charge on any atom is -0.495 e. The Labute approximate surface area is 102 Å². The second-order valence-corrected chi connectivity index (χ2v) is 4.17. The molecule has 0 saturated heterocycles. The van der Waals surface area contributed by atoms with Gasteiger partial charge in [0, 0.05) is 18.9 Å². The third-order valence-electron chi connectivity index (χ3n) is 2.87. The van der Waals surface area contributed by atoms with Gasteiger partial charge >= 0.3 is 0 Å². The van der Waals surface area contributed by atoms with Gasteiger partial charge in [-0.05, 0) is 36.8 Å². The zero-order valence-corrected chi connectivity index (χ0v) is 10.5. The molecular formula is C14H18N2O. The fraction of sp³-hybridized carbons (Fsp3) is 0.286. The Bertz CT molecular complexity index is 503. The molecule has 1 aromatic carbocycles. The molecule has 0 aliphatic rings. The van der Waals surface area contributed by atoms with Crippen molar-refractivity contribution in [3.8, 4) is 5.75 Å². The summed E-state index contributed by atoms with van der Waals surface area (Å²) in [5.74, 6) is 0.879. The van der Waals surface area contributed by atoms with E-state index in [9.17, 15) is 0 Å². The van der Waals surface area contributed by atoms with Crippen LogP contribution in [0.4, 0.5) is 5.69 Å². The van der Waals surface area contributed by atoms with Gasteiger partial charge in [0.05, 0.1) is 19.3 Å². The number of hydrogen-bond donors (Lipinski definition) is 1. The molecule has 0 bridgehead atoms. The zero-order valence-electron chi connectivity index (χ0n) is 10.5. The molecule has 2 aromatic rings. The Morgan fingerprint density at radius 2 is 2.12 bits per heavy atom. The minimum absolute atomic E-state index is 0.795. The van der Waals surface area contributed by atoms with Gasteiger partial charge in [0.25, 0.3) is 0 Å². The Morgan fingerprint density at radius 1 is 1.29 bits per heavy atom. The highest BCUT2D eigenvalue weighted by molar-refractivity contribution is 5.58. The molecule has 0 unspecified atom stereocenters. The van der Waals surface area contributed by atoms with Crippen molar-refractivity contribution < 1.29 is 4.74 Å². The molecule has 0 aliphatic carbocycles. The van der Waals surface area contributed by atoms with Gasteiger partial charge in [-0.3, -0.25) is 0 Å². The van der Waals surface area contributed by atoms with E-state index in [-0.39, 0.29) is 0 Å². The van der Waals surface area contributed by atoms with Crippen LogP contribution in [-0.2, 0) is 13.6 Å². The van der Waals surface area contributed by atoms with E-state index in [1.54, 1.807) is 7.11 Å². The second-order valence-electron chi connectivity index (χ2n) is 4.17. The molecule has 0 aliphatic heterocycles. The van der Waals surface area contributed by atoms with Gasteiger partial charge in [0.1, 0.15) is 5.75 Å². The highest BCUT2D eigenvalue weighted by Crippen LogP contribution is 2.25. The quantitative estimate of drug-likeness (QED) is 0.874. The molecule has 0 fully saturated rings. The average Bonchev–Trinajstić information content (AvgIpc) is 2.72. The van der Waals surface area contributed by atoms with Crippen molar-refractivity contribution in [1.29, 1.82) is 0 Å². The van der Waals surface area contributed by atoms with Crippen molar-refractivity contribution in [2.24, 2.45) is 7.05 Å². The van der Waals surface area contributed by atoms with Gasteiger partial charge in [-0.15, -0.1) is 0 Å². The molecule has 0 saturated carbocycles. The Balaban J connectivity index is 2.13. The zero-order chi connectivity index (χ0) is 12.3. The molecule has 1 heterocycles. The first-order chi connectivity index (χ1) is 8.20. The van der Waals surface area contributed by atoms with Crippen LogP contribution in [0, 0.1) is 6.92 Å². The highest BCUT2D eigenvalue weighted by Gasteiger charge is 2.03. The molecule has 90 valence electrons. The van der Waals surface area contributed by atoms with E-state index in [1.165, 1.54) is 11.3 Å². The Morgan fingerprint density at radius 3 is 2.76 bits per heavy atom. The van der Waals surface area contributed by atoms with Crippen molar-refractivity contribution in [3.05, 3.63) is 47.8 Å². The van der Waals surface area contributed by atoms with Crippen LogP contribution in [0.25, 0.3) is 0 Å². The number of nitrogens with one attached hydrogen (secondary N) is 1. The maximum Gasteiger partial charge on any atom is 0.141 e. The van der Waals surface area contributed by atoms with Crippen LogP contribution < -0.4 is 10.1 Å². The predicted molar refractivity (Wildman–Crippen MR) is 70.5 cm³/mol. The molecule has 0 spiro atoms. The van der Waals surface area contributed by atoms with Crippen molar-refractivity contribution in [1.82, 2.24) is 4.57 Å². The number of ether oxygens (including phenoxy) is 1. The van der Waals surface area contributed by atoms with Crippen molar-refractivity contribution >= 4 is 5.69 Å². The Kier molecular flexibility index (Phi) is 3.38. The standard InChI is InChI=1S/C14H18N2O/c1-11-6-7-14(17-3)13(9-11)15-10-12-5-4-8-16(12)2/h4-9,15H,10H2,1-3H3. The summed E-state index contributed by atoms with van der Waals surface area (Å²) >= 11 is 0. The molecule has 3 heteroatoms. The molecule has 0 atom stereocenters. The molecule has 0 amide bonds. The highest BCUT2D eigenvalue weighted by atomic mass is 16.5. The molecule has 3 nitrogen and oxygen atoms in total. The van der Waals surface area contributed by atoms with Crippen LogP contribution >= 0.6 is 0 Å². The van der Waals surface area contributed by atoms with Crippen LogP contribution in [0.5, 0.6) is 5.75 Å². The van der Waals surface area contributed by atoms with Crippen LogP contribution in [0.15, 0.2) is 36.5 Å². The molecule has 0 radical (unpaired) electrons. The number of nitrogens with zero attached hydrogens (tertiary/aromatic N) is 1. The van der Waals surface area contributed by atoms with Gasteiger partial charge in [0.2, 0.25) is 0 Å². The van der Waals surface area contributed by atoms with Gasteiger partial charge in [-0.2, -0.15) is 0 Å². The number of anilines is 1. The van der Waals surface area contributed by atoms with E-state index in [4.69, 9.17) is 4.74 Å². The summed E-state index contributed by atoms with van der Waals surface area (Å²) in [7, 11) is 3.74. The fourth-order valence-electron chi connectivity index (χ4n) is 1.83. The lowest BCUT2D eigenvalue weighted by atomic mass is 10.2. The second kappa shape index (κ2) is 4.95. The summed E-state index contributed by atoms with van der Waals surface area (Å²) in [6, 6.07) is 10.3. The number of hydrogen-bond acceptors (Lipinski definition) is 2. The van der Waals surface area contributed by atoms with E-state index in [0.29, 0.717) is 0 Å². The summed E-state index contributed by atoms with van der Waals surface area (Å²) in [6.45, 7) is 2.87. The maximum atomic E-state index is 5.33. The van der Waals surface area contributed by atoms with Crippen LogP contribution in [0.3, 0.4) is 0 Å². The monoisotopic (exact) mass is 230 g/mol. The minimum atomic E-state index is 0.795. The smallest absolute Gasteiger partial charge is 0.141 e. The van der Waals surface area contributed by atoms with E-state index in [2.05, 4.69) is 28.9 Å². The van der Waals surface area contributed by atoms with E-state index >= 15 is 0 Å². The van der Waals surface area contributed by atoms with E-state index in [1.807, 2.05) is 31.4 Å². The number of aryl methyl sites for hydroxylation is 2. The third kappa shape index (κ3) is 2.61. The topological polar surface area (TPSA) is 26.2 Å². The molecule has 1 aromatic heterocycles. The summed E-state index contributed by atoms with van der Waals surface area (Å²) in [6.07, 6.45) is 2.05. The van der Waals surface area contributed by atoms with Gasteiger partial charge < -0.3 is 14.6 Å². The van der Waals surface area contributed by atoms with Crippen molar-refractivity contribution in [3.63, 3.8) is 0 Å².